The van der Waals surface area contributed by atoms with Crippen molar-refractivity contribution in [1.82, 2.24) is 9.21 Å². The molecule has 1 rings (SSSR count). The second-order valence-electron chi connectivity index (χ2n) is 5.46. The first kappa shape index (κ1) is 18.1. The lowest BCUT2D eigenvalue weighted by molar-refractivity contribution is 0.199. The molecule has 0 aliphatic heterocycles. The molecule has 1 atom stereocenters. The van der Waals surface area contributed by atoms with Gasteiger partial charge in [0.15, 0.2) is 0 Å². The largest absolute Gasteiger partial charge is 0.389 e. The van der Waals surface area contributed by atoms with Crippen LogP contribution >= 0.6 is 0 Å². The molecule has 0 aromatic heterocycles. The fraction of sp³-hybridized carbons (Fsp3) is 0.600. The fourth-order valence-electron chi connectivity index (χ4n) is 2.00. The molecule has 0 saturated carbocycles. The molecule has 0 heterocycles. The molecule has 0 spiro atoms. The molecule has 0 saturated heterocycles. The lowest BCUT2D eigenvalue weighted by Gasteiger charge is -2.23. The third kappa shape index (κ3) is 5.07. The zero-order valence-electron chi connectivity index (χ0n) is 13.3. The summed E-state index contributed by atoms with van der Waals surface area (Å²) < 4.78 is 27.0. The Morgan fingerprint density at radius 1 is 1.19 bits per heavy atom. The minimum absolute atomic E-state index is 0.244. The summed E-state index contributed by atoms with van der Waals surface area (Å²) in [7, 11) is 0.324. The van der Waals surface area contributed by atoms with E-state index < -0.39 is 16.1 Å². The molecule has 1 unspecified atom stereocenters. The SMILES string of the molecule is CCCN(CCN(C)C)S(=O)(=O)c1cccc(C(C)O)c1. The minimum Gasteiger partial charge on any atom is -0.389 e. The summed E-state index contributed by atoms with van der Waals surface area (Å²) in [6.45, 7) is 5.22. The number of aliphatic hydroxyl groups excluding tert-OH is 1. The number of nitrogens with zero attached hydrogens (tertiary/aromatic N) is 2. The molecule has 0 aliphatic rings. The Kier molecular flexibility index (Phi) is 6.80. The summed E-state index contributed by atoms with van der Waals surface area (Å²) in [6.07, 6.45) is 0.0875. The van der Waals surface area contributed by atoms with Gasteiger partial charge in [-0.3, -0.25) is 0 Å². The molecule has 120 valence electrons. The highest BCUT2D eigenvalue weighted by atomic mass is 32.2. The first-order chi connectivity index (χ1) is 9.78. The van der Waals surface area contributed by atoms with Gasteiger partial charge < -0.3 is 10.0 Å². The van der Waals surface area contributed by atoms with Gasteiger partial charge in [0.25, 0.3) is 0 Å². The summed E-state index contributed by atoms with van der Waals surface area (Å²) in [5, 5.41) is 9.62. The average Bonchev–Trinajstić information content (AvgIpc) is 2.43. The third-order valence-corrected chi connectivity index (χ3v) is 5.14. The van der Waals surface area contributed by atoms with Gasteiger partial charge in [0.1, 0.15) is 0 Å². The summed E-state index contributed by atoms with van der Waals surface area (Å²) >= 11 is 0. The Morgan fingerprint density at radius 3 is 2.38 bits per heavy atom. The maximum Gasteiger partial charge on any atom is 0.243 e. The maximum absolute atomic E-state index is 12.7. The lowest BCUT2D eigenvalue weighted by Crippen LogP contribution is -2.37. The van der Waals surface area contributed by atoms with Crippen molar-refractivity contribution in [3.63, 3.8) is 0 Å². The highest BCUT2D eigenvalue weighted by Gasteiger charge is 2.24. The quantitative estimate of drug-likeness (QED) is 0.793. The Hall–Kier alpha value is -0.950. The van der Waals surface area contributed by atoms with E-state index in [2.05, 4.69) is 0 Å². The van der Waals surface area contributed by atoms with Crippen LogP contribution in [-0.4, -0.2) is 56.5 Å². The minimum atomic E-state index is -3.52. The van der Waals surface area contributed by atoms with Gasteiger partial charge in [-0.05, 0) is 45.1 Å². The van der Waals surface area contributed by atoms with Gasteiger partial charge in [0.05, 0.1) is 11.0 Å². The molecule has 21 heavy (non-hydrogen) atoms. The second kappa shape index (κ2) is 7.89. The van der Waals surface area contributed by atoms with E-state index in [-0.39, 0.29) is 4.90 Å². The van der Waals surface area contributed by atoms with E-state index in [1.807, 2.05) is 25.9 Å². The smallest absolute Gasteiger partial charge is 0.243 e. The average molecular weight is 314 g/mol. The normalized spacial score (nSPS) is 13.9. The Balaban J connectivity index is 3.07. The Labute approximate surface area is 128 Å². The van der Waals surface area contributed by atoms with Gasteiger partial charge in [-0.25, -0.2) is 8.42 Å². The van der Waals surface area contributed by atoms with Crippen molar-refractivity contribution in [2.75, 3.05) is 33.7 Å². The summed E-state index contributed by atoms with van der Waals surface area (Å²) in [4.78, 5) is 2.21. The first-order valence-corrected chi connectivity index (χ1v) is 8.66. The standard InChI is InChI=1S/C15H26N2O3S/c1-5-9-17(11-10-16(3)4)21(19,20)15-8-6-7-14(12-15)13(2)18/h6-8,12-13,18H,5,9-11H2,1-4H3. The van der Waals surface area contributed by atoms with Crippen molar-refractivity contribution >= 4 is 10.0 Å². The van der Waals surface area contributed by atoms with E-state index >= 15 is 0 Å². The lowest BCUT2D eigenvalue weighted by atomic mass is 10.1. The van der Waals surface area contributed by atoms with Crippen LogP contribution in [0.3, 0.4) is 0 Å². The van der Waals surface area contributed by atoms with Gasteiger partial charge in [0, 0.05) is 19.6 Å². The Morgan fingerprint density at radius 2 is 1.86 bits per heavy atom. The fourth-order valence-corrected chi connectivity index (χ4v) is 3.58. The molecule has 0 fully saturated rings. The molecule has 6 heteroatoms. The molecule has 1 aromatic carbocycles. The molecular weight excluding hydrogens is 288 g/mol. The van der Waals surface area contributed by atoms with Crippen LogP contribution in [0.15, 0.2) is 29.2 Å². The van der Waals surface area contributed by atoms with E-state index in [0.29, 0.717) is 25.2 Å². The summed E-state index contributed by atoms with van der Waals surface area (Å²) in [5.74, 6) is 0. The van der Waals surface area contributed by atoms with Crippen molar-refractivity contribution < 1.29 is 13.5 Å². The van der Waals surface area contributed by atoms with E-state index in [9.17, 15) is 13.5 Å². The van der Waals surface area contributed by atoms with Crippen LogP contribution in [-0.2, 0) is 10.0 Å². The van der Waals surface area contributed by atoms with Crippen molar-refractivity contribution in [2.24, 2.45) is 0 Å². The maximum atomic E-state index is 12.7. The molecule has 0 bridgehead atoms. The molecule has 0 radical (unpaired) electrons. The first-order valence-electron chi connectivity index (χ1n) is 7.22. The van der Waals surface area contributed by atoms with Crippen molar-refractivity contribution in [3.05, 3.63) is 29.8 Å². The number of sulfonamides is 1. The van der Waals surface area contributed by atoms with Crippen molar-refractivity contribution in [2.45, 2.75) is 31.3 Å². The molecule has 5 nitrogen and oxygen atoms in total. The molecule has 1 N–H and O–H groups in total. The number of rotatable bonds is 8. The number of benzene rings is 1. The highest BCUT2D eigenvalue weighted by molar-refractivity contribution is 7.89. The Bertz CT molecular complexity index is 542. The monoisotopic (exact) mass is 314 g/mol. The van der Waals surface area contributed by atoms with Crippen molar-refractivity contribution in [1.29, 1.82) is 0 Å². The van der Waals surface area contributed by atoms with Crippen LogP contribution in [0.25, 0.3) is 0 Å². The van der Waals surface area contributed by atoms with E-state index in [1.54, 1.807) is 31.2 Å². The van der Waals surface area contributed by atoms with Crippen LogP contribution in [0.5, 0.6) is 0 Å². The van der Waals surface area contributed by atoms with Gasteiger partial charge >= 0.3 is 0 Å². The van der Waals surface area contributed by atoms with Gasteiger partial charge in [-0.15, -0.1) is 0 Å². The third-order valence-electron chi connectivity index (χ3n) is 3.25. The van der Waals surface area contributed by atoms with E-state index in [1.165, 1.54) is 4.31 Å². The molecular formula is C15H26N2O3S. The van der Waals surface area contributed by atoms with Crippen LogP contribution in [0.4, 0.5) is 0 Å². The van der Waals surface area contributed by atoms with E-state index in [4.69, 9.17) is 0 Å². The van der Waals surface area contributed by atoms with Crippen LogP contribution in [0.1, 0.15) is 31.9 Å². The second-order valence-corrected chi connectivity index (χ2v) is 7.39. The molecule has 0 amide bonds. The van der Waals surface area contributed by atoms with Gasteiger partial charge in [-0.2, -0.15) is 4.31 Å². The molecule has 1 aromatic rings. The van der Waals surface area contributed by atoms with Crippen LogP contribution < -0.4 is 0 Å². The summed E-state index contributed by atoms with van der Waals surface area (Å²) in [6, 6.07) is 6.54. The number of hydrogen-bond donors (Lipinski definition) is 1. The summed E-state index contributed by atoms with van der Waals surface area (Å²) in [5.41, 5.74) is 0.611. The number of likely N-dealkylation sites (N-methyl/N-ethyl adjacent to an activating group) is 1. The predicted molar refractivity (Wildman–Crippen MR) is 84.7 cm³/mol. The van der Waals surface area contributed by atoms with Crippen molar-refractivity contribution in [3.8, 4) is 0 Å². The topological polar surface area (TPSA) is 60.9 Å². The predicted octanol–water partition coefficient (Wildman–Crippen LogP) is 1.70. The van der Waals surface area contributed by atoms with Gasteiger partial charge in [-0.1, -0.05) is 19.1 Å². The van der Waals surface area contributed by atoms with Gasteiger partial charge in [0.2, 0.25) is 10.0 Å². The zero-order chi connectivity index (χ0) is 16.0. The van der Waals surface area contributed by atoms with E-state index in [0.717, 1.165) is 6.42 Å². The molecule has 0 aliphatic carbocycles. The zero-order valence-corrected chi connectivity index (χ0v) is 14.1. The van der Waals surface area contributed by atoms with Crippen LogP contribution in [0, 0.1) is 0 Å². The van der Waals surface area contributed by atoms with Crippen LogP contribution in [0.2, 0.25) is 0 Å². The number of aliphatic hydroxyl groups is 1. The number of hydrogen-bond acceptors (Lipinski definition) is 4. The highest BCUT2D eigenvalue weighted by Crippen LogP contribution is 2.20.